The molecule has 18 heavy (non-hydrogen) atoms. The van der Waals surface area contributed by atoms with Crippen LogP contribution in [-0.2, 0) is 12.4 Å². The van der Waals surface area contributed by atoms with E-state index >= 15 is 0 Å². The highest BCUT2D eigenvalue weighted by Gasteiger charge is 2.00. The normalized spacial score (nSPS) is 10.6. The first-order valence-electron chi connectivity index (χ1n) is 5.57. The molecule has 0 atom stereocenters. The third-order valence-corrected chi connectivity index (χ3v) is 3.37. The number of hydrogen-bond acceptors (Lipinski definition) is 4. The molecular weight excluding hydrogens is 248 g/mol. The number of hydrogen-bond donors (Lipinski definition) is 2. The van der Waals surface area contributed by atoms with Gasteiger partial charge in [0.25, 0.3) is 5.56 Å². The molecule has 0 bridgehead atoms. The average molecular weight is 262 g/mol. The van der Waals surface area contributed by atoms with E-state index in [0.717, 1.165) is 22.6 Å². The fraction of sp³-hybridized carbons (Fsp3) is 0.231. The molecule has 2 aromatic rings. The summed E-state index contributed by atoms with van der Waals surface area (Å²) in [6, 6.07) is 9.18. The Morgan fingerprint density at radius 1 is 1.28 bits per heavy atom. The SMILES string of the molecule is Cc1cc(=O)[nH]c(SCc2ccc(CO)cc2)n1. The van der Waals surface area contributed by atoms with Gasteiger partial charge >= 0.3 is 0 Å². The number of aliphatic hydroxyl groups excluding tert-OH is 1. The Kier molecular flexibility index (Phi) is 4.17. The summed E-state index contributed by atoms with van der Waals surface area (Å²) >= 11 is 1.49. The number of aromatic nitrogens is 2. The van der Waals surface area contributed by atoms with Crippen molar-refractivity contribution in [3.63, 3.8) is 0 Å². The smallest absolute Gasteiger partial charge is 0.251 e. The van der Waals surface area contributed by atoms with Crippen LogP contribution in [0.25, 0.3) is 0 Å². The Balaban J connectivity index is 2.04. The van der Waals surface area contributed by atoms with Crippen molar-refractivity contribution in [1.29, 1.82) is 0 Å². The van der Waals surface area contributed by atoms with E-state index in [1.54, 1.807) is 6.92 Å². The van der Waals surface area contributed by atoms with E-state index in [1.807, 2.05) is 24.3 Å². The number of nitrogens with one attached hydrogen (secondary N) is 1. The molecule has 0 aliphatic carbocycles. The molecule has 0 saturated carbocycles. The first kappa shape index (κ1) is 12.9. The molecule has 2 rings (SSSR count). The predicted octanol–water partition coefficient (Wildman–Crippen LogP) is 1.86. The zero-order chi connectivity index (χ0) is 13.0. The van der Waals surface area contributed by atoms with E-state index < -0.39 is 0 Å². The van der Waals surface area contributed by atoms with E-state index in [1.165, 1.54) is 17.8 Å². The highest BCUT2D eigenvalue weighted by atomic mass is 32.2. The highest BCUT2D eigenvalue weighted by molar-refractivity contribution is 7.98. The van der Waals surface area contributed by atoms with Gasteiger partial charge in [0.15, 0.2) is 5.16 Å². The predicted molar refractivity (Wildman–Crippen MR) is 71.5 cm³/mol. The summed E-state index contributed by atoms with van der Waals surface area (Å²) in [5.74, 6) is 0.734. The van der Waals surface area contributed by atoms with Crippen LogP contribution in [0, 0.1) is 6.92 Å². The van der Waals surface area contributed by atoms with Crippen molar-refractivity contribution < 1.29 is 5.11 Å². The standard InChI is InChI=1S/C13H14N2O2S/c1-9-6-12(17)15-13(14-9)18-8-11-4-2-10(7-16)3-5-11/h2-6,16H,7-8H2,1H3,(H,14,15,17). The second kappa shape index (κ2) is 5.84. The minimum atomic E-state index is -0.124. The first-order valence-corrected chi connectivity index (χ1v) is 6.55. The summed E-state index contributed by atoms with van der Waals surface area (Å²) in [6.45, 7) is 1.86. The Labute approximate surface area is 109 Å². The molecule has 0 radical (unpaired) electrons. The van der Waals surface area contributed by atoms with E-state index in [0.29, 0.717) is 5.16 Å². The second-order valence-electron chi connectivity index (χ2n) is 3.96. The quantitative estimate of drug-likeness (QED) is 0.652. The zero-order valence-electron chi connectivity index (χ0n) is 10.0. The lowest BCUT2D eigenvalue weighted by molar-refractivity contribution is 0.282. The maximum Gasteiger partial charge on any atom is 0.251 e. The molecule has 2 N–H and O–H groups in total. The van der Waals surface area contributed by atoms with Gasteiger partial charge in [-0.05, 0) is 18.1 Å². The zero-order valence-corrected chi connectivity index (χ0v) is 10.8. The molecule has 0 spiro atoms. The van der Waals surface area contributed by atoms with Gasteiger partial charge in [-0.25, -0.2) is 4.98 Å². The van der Waals surface area contributed by atoms with E-state index in [4.69, 9.17) is 5.11 Å². The molecular formula is C13H14N2O2S. The first-order chi connectivity index (χ1) is 8.67. The molecule has 94 valence electrons. The lowest BCUT2D eigenvalue weighted by Gasteiger charge is -2.03. The van der Waals surface area contributed by atoms with Gasteiger partial charge < -0.3 is 10.1 Å². The van der Waals surface area contributed by atoms with Crippen LogP contribution in [0.5, 0.6) is 0 Å². The van der Waals surface area contributed by atoms with Crippen molar-refractivity contribution in [3.8, 4) is 0 Å². The number of aryl methyl sites for hydroxylation is 1. The topological polar surface area (TPSA) is 66.0 Å². The maximum atomic E-state index is 11.3. The number of thioether (sulfide) groups is 1. The van der Waals surface area contributed by atoms with Crippen LogP contribution in [0.1, 0.15) is 16.8 Å². The van der Waals surface area contributed by atoms with Crippen molar-refractivity contribution in [3.05, 3.63) is 57.5 Å². The van der Waals surface area contributed by atoms with Crippen LogP contribution in [-0.4, -0.2) is 15.1 Å². The Hall–Kier alpha value is -1.59. The molecule has 1 heterocycles. The largest absolute Gasteiger partial charge is 0.392 e. The second-order valence-corrected chi connectivity index (χ2v) is 4.92. The van der Waals surface area contributed by atoms with Crippen LogP contribution < -0.4 is 5.56 Å². The van der Waals surface area contributed by atoms with Crippen molar-refractivity contribution in [2.45, 2.75) is 24.4 Å². The minimum absolute atomic E-state index is 0.0557. The number of aromatic amines is 1. The third kappa shape index (κ3) is 3.45. The molecule has 5 heteroatoms. The molecule has 4 nitrogen and oxygen atoms in total. The van der Waals surface area contributed by atoms with E-state index in [9.17, 15) is 4.79 Å². The van der Waals surface area contributed by atoms with E-state index in [-0.39, 0.29) is 12.2 Å². The number of nitrogens with zero attached hydrogens (tertiary/aromatic N) is 1. The highest BCUT2D eigenvalue weighted by Crippen LogP contribution is 2.18. The molecule has 1 aromatic heterocycles. The number of H-pyrrole nitrogens is 1. The molecule has 0 fully saturated rings. The van der Waals surface area contributed by atoms with Crippen LogP contribution in [0.2, 0.25) is 0 Å². The molecule has 0 unspecified atom stereocenters. The van der Waals surface area contributed by atoms with Crippen LogP contribution in [0.4, 0.5) is 0 Å². The lowest BCUT2D eigenvalue weighted by Crippen LogP contribution is -2.08. The Bertz CT molecular complexity index is 578. The molecule has 0 aliphatic heterocycles. The van der Waals surface area contributed by atoms with Gasteiger partial charge in [0, 0.05) is 17.5 Å². The van der Waals surface area contributed by atoms with Gasteiger partial charge in [-0.2, -0.15) is 0 Å². The molecule has 0 aliphatic rings. The fourth-order valence-corrected chi connectivity index (χ4v) is 2.39. The summed E-state index contributed by atoms with van der Waals surface area (Å²) in [5.41, 5.74) is 2.62. The summed E-state index contributed by atoms with van der Waals surface area (Å²) in [5, 5.41) is 9.57. The lowest BCUT2D eigenvalue weighted by atomic mass is 10.2. The van der Waals surface area contributed by atoms with Gasteiger partial charge in [-0.3, -0.25) is 4.79 Å². The average Bonchev–Trinajstić information content (AvgIpc) is 2.36. The van der Waals surface area contributed by atoms with Gasteiger partial charge in [0.05, 0.1) is 6.61 Å². The van der Waals surface area contributed by atoms with Crippen molar-refractivity contribution in [2.75, 3.05) is 0 Å². The van der Waals surface area contributed by atoms with E-state index in [2.05, 4.69) is 9.97 Å². The number of benzene rings is 1. The summed E-state index contributed by atoms with van der Waals surface area (Å²) < 4.78 is 0. The molecule has 0 amide bonds. The van der Waals surface area contributed by atoms with Crippen LogP contribution in [0.15, 0.2) is 40.3 Å². The summed E-state index contributed by atoms with van der Waals surface area (Å²) in [7, 11) is 0. The van der Waals surface area contributed by atoms with Crippen molar-refractivity contribution >= 4 is 11.8 Å². The van der Waals surface area contributed by atoms with Gasteiger partial charge in [0.2, 0.25) is 0 Å². The maximum absolute atomic E-state index is 11.3. The summed E-state index contributed by atoms with van der Waals surface area (Å²) in [6.07, 6.45) is 0. The minimum Gasteiger partial charge on any atom is -0.392 e. The Morgan fingerprint density at radius 3 is 2.56 bits per heavy atom. The molecule has 1 aromatic carbocycles. The third-order valence-electron chi connectivity index (χ3n) is 2.43. The summed E-state index contributed by atoms with van der Waals surface area (Å²) in [4.78, 5) is 18.2. The number of aliphatic hydroxyl groups is 1. The molecule has 0 saturated heterocycles. The monoisotopic (exact) mass is 262 g/mol. The Morgan fingerprint density at radius 2 is 1.94 bits per heavy atom. The fourth-order valence-electron chi connectivity index (χ4n) is 1.51. The van der Waals surface area contributed by atoms with Gasteiger partial charge in [-0.1, -0.05) is 36.0 Å². The number of rotatable bonds is 4. The van der Waals surface area contributed by atoms with Crippen LogP contribution in [0.3, 0.4) is 0 Å². The van der Waals surface area contributed by atoms with Crippen molar-refractivity contribution in [1.82, 2.24) is 9.97 Å². The van der Waals surface area contributed by atoms with Gasteiger partial charge in [-0.15, -0.1) is 0 Å². The van der Waals surface area contributed by atoms with Crippen molar-refractivity contribution in [2.24, 2.45) is 0 Å². The van der Waals surface area contributed by atoms with Crippen LogP contribution >= 0.6 is 11.8 Å². The van der Waals surface area contributed by atoms with Gasteiger partial charge in [0.1, 0.15) is 0 Å².